The molecule has 1 aliphatic heterocycles. The summed E-state index contributed by atoms with van der Waals surface area (Å²) in [5.74, 6) is -1.33. The fourth-order valence-corrected chi connectivity index (χ4v) is 7.66. The molecule has 2 atom stereocenters. The number of unbranched alkanes of at least 4 members (excludes halogenated alkanes) is 2. The molecular formula is C32H41ClN2O6S. The number of nitrogens with zero attached hydrogens (tertiary/aromatic N) is 2. The predicted octanol–water partition coefficient (Wildman–Crippen LogP) is 4.98. The van der Waals surface area contributed by atoms with E-state index >= 15 is 0 Å². The molecule has 0 bridgehead atoms. The second-order valence-electron chi connectivity index (χ2n) is 11.3. The maximum Gasteiger partial charge on any atom is 0.343 e. The van der Waals surface area contributed by atoms with Crippen LogP contribution in [0.5, 0.6) is 5.75 Å². The van der Waals surface area contributed by atoms with Crippen molar-refractivity contribution in [3.63, 3.8) is 0 Å². The zero-order chi connectivity index (χ0) is 30.5. The molecule has 42 heavy (non-hydrogen) atoms. The van der Waals surface area contributed by atoms with E-state index in [9.17, 15) is 18.3 Å². The molecule has 0 unspecified atom stereocenters. The molecule has 0 saturated heterocycles. The largest absolute Gasteiger partial charge is 0.490 e. The summed E-state index contributed by atoms with van der Waals surface area (Å²) in [4.78, 5) is 15.3. The van der Waals surface area contributed by atoms with E-state index in [-0.39, 0.29) is 17.5 Å². The van der Waals surface area contributed by atoms with Gasteiger partial charge in [-0.25, -0.2) is 17.5 Å². The number of rotatable bonds is 12. The number of likely N-dealkylation sites (N-methyl/N-ethyl adjacent to an activating group) is 1. The topological polar surface area (TPSA) is 96.4 Å². The van der Waals surface area contributed by atoms with Crippen LogP contribution in [-0.4, -0.2) is 70.0 Å². The van der Waals surface area contributed by atoms with Crippen LogP contribution in [0, 0.1) is 0 Å². The molecule has 10 heteroatoms. The second-order valence-corrected chi connectivity index (χ2v) is 13.8. The summed E-state index contributed by atoms with van der Waals surface area (Å²) >= 11 is 6.35. The molecule has 2 aromatic carbocycles. The van der Waals surface area contributed by atoms with Crippen molar-refractivity contribution in [1.29, 1.82) is 0 Å². The lowest BCUT2D eigenvalue weighted by Crippen LogP contribution is -2.47. The average Bonchev–Trinajstić information content (AvgIpc) is 3.11. The van der Waals surface area contributed by atoms with E-state index in [1.165, 1.54) is 24.3 Å². The van der Waals surface area contributed by atoms with E-state index in [0.29, 0.717) is 36.2 Å². The van der Waals surface area contributed by atoms with Gasteiger partial charge in [0.2, 0.25) is 15.6 Å². The van der Waals surface area contributed by atoms with E-state index in [1.54, 1.807) is 18.2 Å². The minimum atomic E-state index is -4.06. The monoisotopic (exact) mass is 616 g/mol. The quantitative estimate of drug-likeness (QED) is 0.204. The zero-order valence-corrected chi connectivity index (χ0v) is 26.1. The molecule has 1 N–H and O–H groups in total. The predicted molar refractivity (Wildman–Crippen MR) is 167 cm³/mol. The number of benzene rings is 2. The number of aliphatic hydroxyl groups is 1. The van der Waals surface area contributed by atoms with Crippen LogP contribution in [-0.2, 0) is 37.0 Å². The van der Waals surface area contributed by atoms with Gasteiger partial charge in [-0.05, 0) is 79.5 Å². The maximum atomic E-state index is 13.1. The summed E-state index contributed by atoms with van der Waals surface area (Å²) in [6.45, 7) is 9.27. The third kappa shape index (κ3) is 6.54. The van der Waals surface area contributed by atoms with Gasteiger partial charge in [0.05, 0.1) is 19.4 Å². The molecule has 0 radical (unpaired) electrons. The van der Waals surface area contributed by atoms with Gasteiger partial charge in [-0.1, -0.05) is 35.9 Å². The van der Waals surface area contributed by atoms with Crippen LogP contribution in [0.1, 0.15) is 48.8 Å². The van der Waals surface area contributed by atoms with Gasteiger partial charge in [0, 0.05) is 37.1 Å². The van der Waals surface area contributed by atoms with E-state index in [2.05, 4.69) is 24.1 Å². The number of carbonyl (C=O) groups excluding carboxylic acids is 1. The summed E-state index contributed by atoms with van der Waals surface area (Å²) in [5.41, 5.74) is 0.545. The normalized spacial score (nSPS) is 19.7. The van der Waals surface area contributed by atoms with Crippen LogP contribution in [0.25, 0.3) is 0 Å². The van der Waals surface area contributed by atoms with Gasteiger partial charge in [0.1, 0.15) is 11.5 Å². The number of esters is 1. The summed E-state index contributed by atoms with van der Waals surface area (Å²) in [6.07, 6.45) is 8.96. The average molecular weight is 617 g/mol. The van der Waals surface area contributed by atoms with E-state index in [1.807, 2.05) is 18.2 Å². The number of ether oxygens (including phenoxy) is 2. The number of allylic oxidation sites excluding steroid dienone is 1. The van der Waals surface area contributed by atoms with Crippen LogP contribution in [0.15, 0.2) is 61.7 Å². The number of fused-ring (bicyclic) bond motifs is 3. The van der Waals surface area contributed by atoms with Crippen molar-refractivity contribution in [2.24, 2.45) is 0 Å². The van der Waals surface area contributed by atoms with Crippen molar-refractivity contribution < 1.29 is 27.8 Å². The Bertz CT molecular complexity index is 1430. The molecule has 0 fully saturated rings. The smallest absolute Gasteiger partial charge is 0.343 e. The van der Waals surface area contributed by atoms with E-state index in [4.69, 9.17) is 21.1 Å². The number of hydrogen-bond acceptors (Lipinski definition) is 7. The molecular weight excluding hydrogens is 576 g/mol. The Balaban J connectivity index is 1.78. The Labute approximate surface area is 254 Å². The number of hydrogen-bond donors (Lipinski definition) is 1. The molecule has 0 amide bonds. The van der Waals surface area contributed by atoms with Crippen LogP contribution >= 0.6 is 11.6 Å². The Morgan fingerprint density at radius 2 is 2.02 bits per heavy atom. The lowest BCUT2D eigenvalue weighted by molar-refractivity contribution is -0.161. The zero-order valence-electron chi connectivity index (χ0n) is 24.5. The second kappa shape index (κ2) is 13.2. The van der Waals surface area contributed by atoms with Crippen molar-refractivity contribution in [2.75, 3.05) is 51.1 Å². The van der Waals surface area contributed by atoms with Gasteiger partial charge in [-0.2, -0.15) is 0 Å². The lowest BCUT2D eigenvalue weighted by atomic mass is 9.70. The third-order valence-electron chi connectivity index (χ3n) is 8.38. The Morgan fingerprint density at radius 1 is 1.24 bits per heavy atom. The third-order valence-corrected chi connectivity index (χ3v) is 10.5. The standard InChI is InChI=1S/C32H41ClN2O6S/c1-5-7-8-9-18-35-21-31(16-10-11-24-19-26(33)13-14-27(24)31)22-41-29-15-12-25(20-28(29)35)32(37,30(36)40-4)23-42(38,39)34(3)17-6-2/h5-6,12-15,19-20,37H,1-2,7-11,16-18,21-23H2,3-4H3/t31-,32-/m0/s1. The Hall–Kier alpha value is -2.85. The van der Waals surface area contributed by atoms with Crippen LogP contribution in [0.2, 0.25) is 5.02 Å². The summed E-state index contributed by atoms with van der Waals surface area (Å²) < 4.78 is 38.7. The molecule has 1 aliphatic carbocycles. The molecule has 0 aromatic heterocycles. The first-order valence-electron chi connectivity index (χ1n) is 14.3. The molecule has 4 rings (SSSR count). The van der Waals surface area contributed by atoms with Crippen molar-refractivity contribution >= 4 is 33.3 Å². The van der Waals surface area contributed by atoms with Crippen molar-refractivity contribution in [3.05, 3.63) is 83.4 Å². The van der Waals surface area contributed by atoms with Gasteiger partial charge in [0.25, 0.3) is 0 Å². The minimum Gasteiger partial charge on any atom is -0.490 e. The molecule has 228 valence electrons. The fraction of sp³-hybridized carbons (Fsp3) is 0.469. The number of halogens is 1. The highest BCUT2D eigenvalue weighted by Crippen LogP contribution is 2.45. The first kappa shape index (κ1) is 32.1. The molecule has 0 saturated carbocycles. The number of anilines is 1. The number of methoxy groups -OCH3 is 1. The van der Waals surface area contributed by atoms with E-state index < -0.39 is 27.3 Å². The molecule has 2 aromatic rings. The molecule has 8 nitrogen and oxygen atoms in total. The van der Waals surface area contributed by atoms with Gasteiger partial charge in [-0.15, -0.1) is 13.2 Å². The molecule has 1 heterocycles. The Kier molecular flexibility index (Phi) is 10.1. The minimum absolute atomic E-state index is 0.0326. The first-order valence-corrected chi connectivity index (χ1v) is 16.3. The number of sulfonamides is 1. The van der Waals surface area contributed by atoms with Gasteiger partial charge in [-0.3, -0.25) is 0 Å². The van der Waals surface area contributed by atoms with Crippen molar-refractivity contribution in [1.82, 2.24) is 4.31 Å². The van der Waals surface area contributed by atoms with Gasteiger partial charge >= 0.3 is 5.97 Å². The molecule has 1 spiro atoms. The highest BCUT2D eigenvalue weighted by molar-refractivity contribution is 7.89. The van der Waals surface area contributed by atoms with Crippen LogP contribution in [0.3, 0.4) is 0 Å². The number of aryl methyl sites for hydroxylation is 1. The SMILES string of the molecule is C=CCCCCN1C[C@@]2(CCCc3cc(Cl)ccc32)COc2ccc([C@@](O)(CS(=O)(=O)N(C)CC=C)C(=O)OC)cc21. The van der Waals surface area contributed by atoms with Crippen LogP contribution in [0.4, 0.5) is 5.69 Å². The summed E-state index contributed by atoms with van der Waals surface area (Å²) in [7, 11) is -1.56. The number of carbonyl (C=O) groups is 1. The Morgan fingerprint density at radius 3 is 2.74 bits per heavy atom. The van der Waals surface area contributed by atoms with Gasteiger partial charge in [0.15, 0.2) is 0 Å². The van der Waals surface area contributed by atoms with E-state index in [0.717, 1.165) is 49.9 Å². The van der Waals surface area contributed by atoms with Crippen LogP contribution < -0.4 is 9.64 Å². The first-order chi connectivity index (χ1) is 20.0. The molecule has 2 aliphatic rings. The lowest BCUT2D eigenvalue weighted by Gasteiger charge is -2.41. The van der Waals surface area contributed by atoms with Crippen molar-refractivity contribution in [2.45, 2.75) is 49.5 Å². The summed E-state index contributed by atoms with van der Waals surface area (Å²) in [6, 6.07) is 11.0. The van der Waals surface area contributed by atoms with Gasteiger partial charge < -0.3 is 19.5 Å². The van der Waals surface area contributed by atoms with Crippen molar-refractivity contribution in [3.8, 4) is 5.75 Å². The summed E-state index contributed by atoms with van der Waals surface area (Å²) in [5, 5.41) is 12.4. The highest BCUT2D eigenvalue weighted by atomic mass is 35.5. The maximum absolute atomic E-state index is 13.1. The fourth-order valence-electron chi connectivity index (χ4n) is 6.10. The highest BCUT2D eigenvalue weighted by Gasteiger charge is 2.46.